The molecule has 1 aromatic rings. The van der Waals surface area contributed by atoms with E-state index in [4.69, 9.17) is 5.73 Å². The molecule has 0 bridgehead atoms. The number of rotatable bonds is 4. The summed E-state index contributed by atoms with van der Waals surface area (Å²) in [5.74, 6) is 2.95. The van der Waals surface area contributed by atoms with Gasteiger partial charge in [0.2, 0.25) is 5.95 Å². The Balaban J connectivity index is 2.09. The van der Waals surface area contributed by atoms with Crippen LogP contribution in [0.3, 0.4) is 0 Å². The van der Waals surface area contributed by atoms with E-state index in [1.807, 2.05) is 6.07 Å². The minimum atomic E-state index is 0.352. The number of aromatic nitrogens is 2. The fourth-order valence-corrected chi connectivity index (χ4v) is 2.20. The van der Waals surface area contributed by atoms with E-state index < -0.39 is 0 Å². The van der Waals surface area contributed by atoms with Crippen LogP contribution in [0.25, 0.3) is 0 Å². The molecule has 0 spiro atoms. The number of piperidine rings is 1. The molecule has 0 unspecified atom stereocenters. The molecule has 0 aliphatic carbocycles. The molecular formula is C13H23N5. The van der Waals surface area contributed by atoms with Crippen molar-refractivity contribution in [1.82, 2.24) is 9.97 Å². The van der Waals surface area contributed by atoms with Crippen LogP contribution in [0.2, 0.25) is 0 Å². The van der Waals surface area contributed by atoms with Crippen LogP contribution in [-0.2, 0) is 0 Å². The number of hydrogen-bond donors (Lipinski definition) is 2. The third kappa shape index (κ3) is 3.24. The highest BCUT2D eigenvalue weighted by Crippen LogP contribution is 2.23. The average molecular weight is 249 g/mol. The summed E-state index contributed by atoms with van der Waals surface area (Å²) in [4.78, 5) is 10.9. The molecule has 0 aromatic carbocycles. The molecule has 3 N–H and O–H groups in total. The maximum absolute atomic E-state index is 5.78. The summed E-state index contributed by atoms with van der Waals surface area (Å²) < 4.78 is 0. The number of nitrogens with one attached hydrogen (secondary N) is 1. The van der Waals surface area contributed by atoms with Gasteiger partial charge in [-0.2, -0.15) is 9.97 Å². The first kappa shape index (κ1) is 12.9. The number of nitrogen functional groups attached to an aromatic ring is 1. The van der Waals surface area contributed by atoms with Crippen molar-refractivity contribution < 1.29 is 0 Å². The second-order valence-corrected chi connectivity index (χ2v) is 5.07. The summed E-state index contributed by atoms with van der Waals surface area (Å²) in [7, 11) is 0. The minimum absolute atomic E-state index is 0.352. The van der Waals surface area contributed by atoms with E-state index in [1.54, 1.807) is 0 Å². The molecule has 0 saturated carbocycles. The van der Waals surface area contributed by atoms with E-state index in [-0.39, 0.29) is 0 Å². The normalized spacial score (nSPS) is 16.9. The van der Waals surface area contributed by atoms with E-state index in [2.05, 4.69) is 34.0 Å². The lowest BCUT2D eigenvalue weighted by Crippen LogP contribution is -2.33. The Morgan fingerprint density at radius 3 is 2.78 bits per heavy atom. The highest BCUT2D eigenvalue weighted by Gasteiger charge is 2.17. The molecule has 0 radical (unpaired) electrons. The van der Waals surface area contributed by atoms with Crippen LogP contribution in [0, 0.1) is 5.92 Å². The predicted molar refractivity (Wildman–Crippen MR) is 75.8 cm³/mol. The summed E-state index contributed by atoms with van der Waals surface area (Å²) in [5.41, 5.74) is 5.78. The van der Waals surface area contributed by atoms with Crippen LogP contribution in [0.15, 0.2) is 6.07 Å². The van der Waals surface area contributed by atoms with E-state index in [1.165, 1.54) is 12.8 Å². The van der Waals surface area contributed by atoms with Crippen LogP contribution < -0.4 is 16.0 Å². The van der Waals surface area contributed by atoms with E-state index in [9.17, 15) is 0 Å². The first-order valence-electron chi connectivity index (χ1n) is 6.82. The van der Waals surface area contributed by atoms with Gasteiger partial charge >= 0.3 is 0 Å². The molecule has 2 heterocycles. The Hall–Kier alpha value is -1.52. The summed E-state index contributed by atoms with van der Waals surface area (Å²) in [6.07, 6.45) is 3.52. The zero-order chi connectivity index (χ0) is 13.0. The van der Waals surface area contributed by atoms with Crippen LogP contribution in [-0.4, -0.2) is 29.6 Å². The quantitative estimate of drug-likeness (QED) is 0.855. The molecule has 5 nitrogen and oxygen atoms in total. The van der Waals surface area contributed by atoms with E-state index in [0.29, 0.717) is 5.95 Å². The lowest BCUT2D eigenvalue weighted by atomic mass is 9.99. The van der Waals surface area contributed by atoms with Gasteiger partial charge < -0.3 is 16.0 Å². The largest absolute Gasteiger partial charge is 0.370 e. The van der Waals surface area contributed by atoms with Crippen molar-refractivity contribution in [2.75, 3.05) is 35.6 Å². The molecule has 1 aromatic heterocycles. The third-order valence-corrected chi connectivity index (χ3v) is 3.39. The van der Waals surface area contributed by atoms with Crippen molar-refractivity contribution in [3.8, 4) is 0 Å². The molecule has 2 rings (SSSR count). The van der Waals surface area contributed by atoms with Gasteiger partial charge in [0.25, 0.3) is 0 Å². The van der Waals surface area contributed by atoms with Gasteiger partial charge in [-0.25, -0.2) is 0 Å². The van der Waals surface area contributed by atoms with E-state index in [0.717, 1.165) is 43.6 Å². The fourth-order valence-electron chi connectivity index (χ4n) is 2.20. The number of hydrogen-bond acceptors (Lipinski definition) is 5. The summed E-state index contributed by atoms with van der Waals surface area (Å²) >= 11 is 0. The Morgan fingerprint density at radius 1 is 1.39 bits per heavy atom. The molecule has 1 aliphatic rings. The average Bonchev–Trinajstić information content (AvgIpc) is 2.36. The molecule has 1 fully saturated rings. The Kier molecular flexibility index (Phi) is 4.23. The second kappa shape index (κ2) is 5.89. The first-order valence-corrected chi connectivity index (χ1v) is 6.82. The molecule has 18 heavy (non-hydrogen) atoms. The smallest absolute Gasteiger partial charge is 0.223 e. The van der Waals surface area contributed by atoms with Crippen LogP contribution in [0.1, 0.15) is 33.1 Å². The van der Waals surface area contributed by atoms with Gasteiger partial charge in [-0.3, -0.25) is 0 Å². The van der Waals surface area contributed by atoms with Crippen molar-refractivity contribution >= 4 is 17.6 Å². The van der Waals surface area contributed by atoms with Crippen molar-refractivity contribution in [2.24, 2.45) is 5.92 Å². The molecule has 100 valence electrons. The third-order valence-electron chi connectivity index (χ3n) is 3.39. The Labute approximate surface area is 109 Å². The lowest BCUT2D eigenvalue weighted by Gasteiger charge is -2.31. The van der Waals surface area contributed by atoms with Crippen LogP contribution in [0.5, 0.6) is 0 Å². The lowest BCUT2D eigenvalue weighted by molar-refractivity contribution is 0.436. The van der Waals surface area contributed by atoms with Crippen molar-refractivity contribution in [2.45, 2.75) is 33.1 Å². The highest BCUT2D eigenvalue weighted by atomic mass is 15.2. The highest BCUT2D eigenvalue weighted by molar-refractivity contribution is 5.52. The Morgan fingerprint density at radius 2 is 2.11 bits per heavy atom. The minimum Gasteiger partial charge on any atom is -0.370 e. The van der Waals surface area contributed by atoms with Gasteiger partial charge in [-0.1, -0.05) is 13.8 Å². The maximum Gasteiger partial charge on any atom is 0.223 e. The molecular weight excluding hydrogens is 226 g/mol. The first-order chi connectivity index (χ1) is 8.69. The molecule has 1 aliphatic heterocycles. The van der Waals surface area contributed by atoms with Gasteiger partial charge in [0, 0.05) is 25.7 Å². The van der Waals surface area contributed by atoms with Gasteiger partial charge in [-0.15, -0.1) is 0 Å². The zero-order valence-corrected chi connectivity index (χ0v) is 11.3. The number of nitrogens with zero attached hydrogens (tertiary/aromatic N) is 3. The monoisotopic (exact) mass is 249 g/mol. The van der Waals surface area contributed by atoms with Gasteiger partial charge in [0.1, 0.15) is 11.6 Å². The van der Waals surface area contributed by atoms with Crippen molar-refractivity contribution in [3.05, 3.63) is 6.07 Å². The predicted octanol–water partition coefficient (Wildman–Crippen LogP) is 2.12. The van der Waals surface area contributed by atoms with Crippen molar-refractivity contribution in [3.63, 3.8) is 0 Å². The van der Waals surface area contributed by atoms with E-state index >= 15 is 0 Å². The van der Waals surface area contributed by atoms with Gasteiger partial charge in [0.15, 0.2) is 0 Å². The maximum atomic E-state index is 5.78. The summed E-state index contributed by atoms with van der Waals surface area (Å²) in [6, 6.07) is 2.00. The molecule has 1 saturated heterocycles. The fraction of sp³-hybridized carbons (Fsp3) is 0.692. The molecule has 0 atom stereocenters. The molecule has 5 heteroatoms. The standard InChI is InChI=1S/C13H23N5/c1-3-6-15-11-9-12(17-13(14)16-11)18-7-4-10(2)5-8-18/h9-10H,3-8H2,1-2H3,(H3,14,15,16,17). The van der Waals surface area contributed by atoms with Gasteiger partial charge in [0.05, 0.1) is 0 Å². The topological polar surface area (TPSA) is 67.1 Å². The Bertz CT molecular complexity index is 385. The summed E-state index contributed by atoms with van der Waals surface area (Å²) in [6.45, 7) is 7.47. The SMILES string of the molecule is CCCNc1cc(N2CCC(C)CC2)nc(N)n1. The van der Waals surface area contributed by atoms with Crippen LogP contribution >= 0.6 is 0 Å². The number of nitrogens with two attached hydrogens (primary N) is 1. The van der Waals surface area contributed by atoms with Crippen LogP contribution in [0.4, 0.5) is 17.6 Å². The van der Waals surface area contributed by atoms with Gasteiger partial charge in [-0.05, 0) is 25.2 Å². The zero-order valence-electron chi connectivity index (χ0n) is 11.3. The second-order valence-electron chi connectivity index (χ2n) is 5.07. The summed E-state index contributed by atoms with van der Waals surface area (Å²) in [5, 5.41) is 3.27. The van der Waals surface area contributed by atoms with Crippen molar-refractivity contribution in [1.29, 1.82) is 0 Å². The molecule has 0 amide bonds. The number of anilines is 3.